The number of nitrogens with zero attached hydrogens (tertiary/aromatic N) is 1. The summed E-state index contributed by atoms with van der Waals surface area (Å²) in [4.78, 5) is 15.0. The third-order valence-corrected chi connectivity index (χ3v) is 5.43. The van der Waals surface area contributed by atoms with Crippen molar-refractivity contribution in [2.45, 2.75) is 65.1 Å². The molecule has 150 valence electrons. The van der Waals surface area contributed by atoms with Gasteiger partial charge in [0.2, 0.25) is 5.91 Å². The molecule has 1 amide bonds. The van der Waals surface area contributed by atoms with Gasteiger partial charge in [0.05, 0.1) is 5.92 Å². The maximum atomic E-state index is 12.6. The molecule has 1 aromatic rings. The Morgan fingerprint density at radius 2 is 1.81 bits per heavy atom. The highest BCUT2D eigenvalue weighted by Gasteiger charge is 2.37. The number of amides is 1. The fourth-order valence-corrected chi connectivity index (χ4v) is 3.67. The molecule has 1 saturated carbocycles. The lowest BCUT2D eigenvalue weighted by Gasteiger charge is -2.37. The lowest BCUT2D eigenvalue weighted by Crippen LogP contribution is -2.52. The highest BCUT2D eigenvalue weighted by Crippen LogP contribution is 2.31. The first-order chi connectivity index (χ1) is 11.5. The van der Waals surface area contributed by atoms with Gasteiger partial charge in [0.25, 0.3) is 0 Å². The second-order valence-electron chi connectivity index (χ2n) is 7.25. The molecule has 0 aliphatic heterocycles. The Morgan fingerprint density at radius 1 is 1.19 bits per heavy atom. The molecule has 0 heterocycles. The largest absolute Gasteiger partial charge is 0.352 e. The zero-order valence-electron chi connectivity index (χ0n) is 16.3. The number of nitrogens with one attached hydrogen (secondary N) is 1. The Morgan fingerprint density at radius 3 is 2.38 bits per heavy atom. The van der Waals surface area contributed by atoms with Crippen LogP contribution in [0.15, 0.2) is 24.3 Å². The summed E-state index contributed by atoms with van der Waals surface area (Å²) in [5, 5.41) is 3.14. The normalized spacial score (nSPS) is 22.3. The lowest BCUT2D eigenvalue weighted by molar-refractivity contribution is -0.128. The van der Waals surface area contributed by atoms with E-state index >= 15 is 0 Å². The SMILES string of the molecule is CCN(CC)Cc1ccccc1CNC(=O)C1CCCCC1(C)N.Cl.Cl. The Labute approximate surface area is 171 Å². The summed E-state index contributed by atoms with van der Waals surface area (Å²) in [7, 11) is 0. The predicted molar refractivity (Wildman–Crippen MR) is 114 cm³/mol. The van der Waals surface area contributed by atoms with E-state index in [1.165, 1.54) is 11.1 Å². The van der Waals surface area contributed by atoms with E-state index < -0.39 is 0 Å². The minimum Gasteiger partial charge on any atom is -0.352 e. The van der Waals surface area contributed by atoms with Crippen molar-refractivity contribution in [3.8, 4) is 0 Å². The Bertz CT molecular complexity index is 548. The van der Waals surface area contributed by atoms with Crippen LogP contribution in [-0.2, 0) is 17.9 Å². The van der Waals surface area contributed by atoms with Crippen LogP contribution in [0.4, 0.5) is 0 Å². The van der Waals surface area contributed by atoms with E-state index in [4.69, 9.17) is 5.73 Å². The van der Waals surface area contributed by atoms with E-state index in [0.29, 0.717) is 6.54 Å². The summed E-state index contributed by atoms with van der Waals surface area (Å²) in [5.41, 5.74) is 8.48. The van der Waals surface area contributed by atoms with Gasteiger partial charge in [-0.25, -0.2) is 0 Å². The van der Waals surface area contributed by atoms with Crippen LogP contribution in [0.2, 0.25) is 0 Å². The molecule has 26 heavy (non-hydrogen) atoms. The molecule has 0 radical (unpaired) electrons. The van der Waals surface area contributed by atoms with Crippen molar-refractivity contribution in [3.05, 3.63) is 35.4 Å². The van der Waals surface area contributed by atoms with Gasteiger partial charge in [-0.1, -0.05) is 51.0 Å². The van der Waals surface area contributed by atoms with Gasteiger partial charge in [0, 0.05) is 18.6 Å². The van der Waals surface area contributed by atoms with E-state index in [0.717, 1.165) is 45.3 Å². The van der Waals surface area contributed by atoms with E-state index in [9.17, 15) is 4.79 Å². The van der Waals surface area contributed by atoms with Crippen molar-refractivity contribution in [1.82, 2.24) is 10.2 Å². The van der Waals surface area contributed by atoms with Gasteiger partial charge in [-0.3, -0.25) is 9.69 Å². The first-order valence-electron chi connectivity index (χ1n) is 9.33. The molecular weight excluding hydrogens is 369 g/mol. The molecular formula is C20H35Cl2N3O. The first kappa shape index (κ1) is 25.2. The molecule has 1 aliphatic carbocycles. The van der Waals surface area contributed by atoms with Crippen LogP contribution < -0.4 is 11.1 Å². The van der Waals surface area contributed by atoms with Crippen molar-refractivity contribution in [2.75, 3.05) is 13.1 Å². The minimum atomic E-state index is -0.372. The fourth-order valence-electron chi connectivity index (χ4n) is 3.67. The molecule has 3 N–H and O–H groups in total. The standard InChI is InChI=1S/C20H33N3O.2ClH/c1-4-23(5-2)15-17-11-7-6-10-16(17)14-22-19(24)18-12-8-9-13-20(18,3)21;;/h6-7,10-11,18H,4-5,8-9,12-15,21H2,1-3H3,(H,22,24);2*1H. The number of hydrogen-bond donors (Lipinski definition) is 2. The van der Waals surface area contributed by atoms with Gasteiger partial charge >= 0.3 is 0 Å². The number of carbonyl (C=O) groups excluding carboxylic acids is 1. The van der Waals surface area contributed by atoms with Crippen LogP contribution in [-0.4, -0.2) is 29.4 Å². The van der Waals surface area contributed by atoms with Crippen LogP contribution in [0.3, 0.4) is 0 Å². The molecule has 0 bridgehead atoms. The van der Waals surface area contributed by atoms with Crippen LogP contribution in [0.1, 0.15) is 57.6 Å². The van der Waals surface area contributed by atoms with E-state index in [-0.39, 0.29) is 42.2 Å². The Kier molecular flexibility index (Phi) is 11.4. The highest BCUT2D eigenvalue weighted by atomic mass is 35.5. The molecule has 2 atom stereocenters. The van der Waals surface area contributed by atoms with E-state index in [2.05, 4.69) is 42.3 Å². The summed E-state index contributed by atoms with van der Waals surface area (Å²) in [5.74, 6) is 0.0403. The summed E-state index contributed by atoms with van der Waals surface area (Å²) in [6, 6.07) is 8.39. The van der Waals surface area contributed by atoms with Gasteiger partial charge in [-0.15, -0.1) is 24.8 Å². The molecule has 4 nitrogen and oxygen atoms in total. The Balaban J connectivity index is 0.00000312. The van der Waals surface area contributed by atoms with Crippen molar-refractivity contribution in [3.63, 3.8) is 0 Å². The molecule has 0 spiro atoms. The van der Waals surface area contributed by atoms with Crippen LogP contribution in [0.25, 0.3) is 0 Å². The predicted octanol–water partition coefficient (Wildman–Crippen LogP) is 3.90. The topological polar surface area (TPSA) is 58.4 Å². The highest BCUT2D eigenvalue weighted by molar-refractivity contribution is 5.85. The second kappa shape index (κ2) is 11.8. The smallest absolute Gasteiger partial charge is 0.225 e. The molecule has 2 rings (SSSR count). The number of halogens is 2. The number of rotatable bonds is 7. The van der Waals surface area contributed by atoms with Crippen molar-refractivity contribution in [2.24, 2.45) is 11.7 Å². The minimum absolute atomic E-state index is 0. The molecule has 1 aromatic carbocycles. The monoisotopic (exact) mass is 403 g/mol. The van der Waals surface area contributed by atoms with Crippen molar-refractivity contribution >= 4 is 30.7 Å². The zero-order valence-corrected chi connectivity index (χ0v) is 17.9. The zero-order chi connectivity index (χ0) is 17.6. The number of carbonyl (C=O) groups is 1. The van der Waals surface area contributed by atoms with Gasteiger partial charge < -0.3 is 11.1 Å². The fraction of sp³-hybridized carbons (Fsp3) is 0.650. The third kappa shape index (κ3) is 6.73. The quantitative estimate of drug-likeness (QED) is 0.725. The molecule has 1 fully saturated rings. The maximum absolute atomic E-state index is 12.6. The number of hydrogen-bond acceptors (Lipinski definition) is 3. The summed E-state index contributed by atoms with van der Waals surface area (Å²) in [6.07, 6.45) is 4.07. The molecule has 0 saturated heterocycles. The molecule has 0 aromatic heterocycles. The average Bonchev–Trinajstić information content (AvgIpc) is 2.58. The van der Waals surface area contributed by atoms with Crippen molar-refractivity contribution in [1.29, 1.82) is 0 Å². The van der Waals surface area contributed by atoms with Gasteiger partial charge in [0.15, 0.2) is 0 Å². The van der Waals surface area contributed by atoms with Crippen LogP contribution >= 0.6 is 24.8 Å². The summed E-state index contributed by atoms with van der Waals surface area (Å²) < 4.78 is 0. The molecule has 6 heteroatoms. The first-order valence-corrected chi connectivity index (χ1v) is 9.33. The average molecular weight is 404 g/mol. The molecule has 1 aliphatic rings. The molecule has 2 unspecified atom stereocenters. The second-order valence-corrected chi connectivity index (χ2v) is 7.25. The lowest BCUT2D eigenvalue weighted by atomic mass is 9.74. The number of benzene rings is 1. The summed E-state index contributed by atoms with van der Waals surface area (Å²) >= 11 is 0. The van der Waals surface area contributed by atoms with Gasteiger partial charge in [-0.05, 0) is 44.0 Å². The van der Waals surface area contributed by atoms with E-state index in [1.54, 1.807) is 0 Å². The third-order valence-electron chi connectivity index (χ3n) is 5.43. The Hall–Kier alpha value is -0.810. The van der Waals surface area contributed by atoms with Gasteiger partial charge in [-0.2, -0.15) is 0 Å². The van der Waals surface area contributed by atoms with Crippen LogP contribution in [0.5, 0.6) is 0 Å². The van der Waals surface area contributed by atoms with E-state index in [1.807, 2.05) is 13.0 Å². The number of nitrogens with two attached hydrogens (primary N) is 1. The van der Waals surface area contributed by atoms with Crippen LogP contribution in [0, 0.1) is 5.92 Å². The van der Waals surface area contributed by atoms with Gasteiger partial charge in [0.1, 0.15) is 0 Å². The maximum Gasteiger partial charge on any atom is 0.225 e. The van der Waals surface area contributed by atoms with Crippen molar-refractivity contribution < 1.29 is 4.79 Å². The summed E-state index contributed by atoms with van der Waals surface area (Å²) in [6.45, 7) is 9.96.